The lowest BCUT2D eigenvalue weighted by molar-refractivity contribution is 0.0952. The van der Waals surface area contributed by atoms with Crippen molar-refractivity contribution >= 4 is 40.9 Å². The van der Waals surface area contributed by atoms with Gasteiger partial charge in [0.2, 0.25) is 0 Å². The molecule has 7 heteroatoms. The summed E-state index contributed by atoms with van der Waals surface area (Å²) in [4.78, 5) is 12.3. The minimum Gasteiger partial charge on any atom is -0.465 e. The van der Waals surface area contributed by atoms with Crippen molar-refractivity contribution in [3.63, 3.8) is 0 Å². The number of carbonyl (C=O) groups excluding carboxylic acids is 1. The van der Waals surface area contributed by atoms with Gasteiger partial charge in [-0.1, -0.05) is 23.2 Å². The first-order valence-electron chi connectivity index (χ1n) is 5.69. The molecule has 1 aromatic carbocycles. The molecular formula is C13H12Cl2N2O2S. The highest BCUT2D eigenvalue weighted by Gasteiger charge is 2.14. The second kappa shape index (κ2) is 6.54. The number of furan rings is 1. The van der Waals surface area contributed by atoms with Crippen LogP contribution in [0.5, 0.6) is 0 Å². The van der Waals surface area contributed by atoms with Crippen LogP contribution in [0.1, 0.15) is 21.9 Å². The van der Waals surface area contributed by atoms with Gasteiger partial charge < -0.3 is 4.42 Å². The molecule has 0 spiro atoms. The van der Waals surface area contributed by atoms with Crippen LogP contribution in [0.4, 0.5) is 0 Å². The molecule has 0 saturated carbocycles. The number of amides is 1. The number of hydrogen-bond donors (Lipinski definition) is 2. The first kappa shape index (κ1) is 15.3. The minimum absolute atomic E-state index is 0.372. The maximum Gasteiger partial charge on any atom is 0.268 e. The van der Waals surface area contributed by atoms with Crippen LogP contribution in [0.2, 0.25) is 10.0 Å². The molecule has 1 aromatic heterocycles. The van der Waals surface area contributed by atoms with Gasteiger partial charge in [0.1, 0.15) is 11.5 Å². The smallest absolute Gasteiger partial charge is 0.268 e. The lowest BCUT2D eigenvalue weighted by Gasteiger charge is -2.03. The Morgan fingerprint density at radius 1 is 1.40 bits per heavy atom. The summed E-state index contributed by atoms with van der Waals surface area (Å²) in [5.41, 5.74) is 2.51. The number of nitrogens with one attached hydrogen (secondary N) is 1. The van der Waals surface area contributed by atoms with E-state index in [0.29, 0.717) is 32.9 Å². The van der Waals surface area contributed by atoms with Gasteiger partial charge in [-0.2, -0.15) is 0 Å². The van der Waals surface area contributed by atoms with E-state index in [2.05, 4.69) is 5.43 Å². The molecule has 0 radical (unpaired) electrons. The fraction of sp³-hybridized carbons (Fsp3) is 0.154. The molecule has 0 atom stereocenters. The van der Waals surface area contributed by atoms with Gasteiger partial charge in [-0.15, -0.1) is 11.8 Å². The Bertz CT molecular complexity index is 643. The number of carbonyl (C=O) groups is 1. The van der Waals surface area contributed by atoms with Crippen LogP contribution in [0, 0.1) is 6.92 Å². The average molecular weight is 331 g/mol. The van der Waals surface area contributed by atoms with E-state index in [1.165, 1.54) is 11.8 Å². The standard InChI is InChI=1S/C13H12Cl2N2O2S/c1-7-10(13(18)17-16)5-9(19-7)6-20-12-4-8(14)2-3-11(12)15/h2-5H,6,16H2,1H3,(H,17,18). The summed E-state index contributed by atoms with van der Waals surface area (Å²) in [7, 11) is 0. The zero-order chi connectivity index (χ0) is 14.7. The highest BCUT2D eigenvalue weighted by molar-refractivity contribution is 7.98. The van der Waals surface area contributed by atoms with Crippen LogP contribution in [0.15, 0.2) is 33.6 Å². The summed E-state index contributed by atoms with van der Waals surface area (Å²) in [5, 5.41) is 1.25. The Balaban J connectivity index is 2.11. The highest BCUT2D eigenvalue weighted by Crippen LogP contribution is 2.32. The zero-order valence-electron chi connectivity index (χ0n) is 10.6. The molecule has 4 nitrogen and oxygen atoms in total. The number of aryl methyl sites for hydroxylation is 1. The highest BCUT2D eigenvalue weighted by atomic mass is 35.5. The summed E-state index contributed by atoms with van der Waals surface area (Å²) in [6.07, 6.45) is 0. The van der Waals surface area contributed by atoms with E-state index < -0.39 is 0 Å². The summed E-state index contributed by atoms with van der Waals surface area (Å²) >= 11 is 13.5. The van der Waals surface area contributed by atoms with Crippen LogP contribution in [0.3, 0.4) is 0 Å². The summed E-state index contributed by atoms with van der Waals surface area (Å²) in [6.45, 7) is 1.71. The molecule has 0 aliphatic rings. The van der Waals surface area contributed by atoms with Gasteiger partial charge in [-0.25, -0.2) is 5.84 Å². The quantitative estimate of drug-likeness (QED) is 0.387. The monoisotopic (exact) mass is 330 g/mol. The third-order valence-electron chi connectivity index (χ3n) is 2.61. The van der Waals surface area contributed by atoms with Crippen molar-refractivity contribution in [3.8, 4) is 0 Å². The normalized spacial score (nSPS) is 10.6. The molecule has 0 aliphatic carbocycles. The van der Waals surface area contributed by atoms with Gasteiger partial charge in [0.25, 0.3) is 5.91 Å². The summed E-state index contributed by atoms with van der Waals surface area (Å²) in [5.74, 6) is 6.47. The Kier molecular flexibility index (Phi) is 4.99. The molecule has 20 heavy (non-hydrogen) atoms. The van der Waals surface area contributed by atoms with Crippen LogP contribution in [-0.4, -0.2) is 5.91 Å². The summed E-state index contributed by atoms with van der Waals surface area (Å²) in [6, 6.07) is 6.93. The van der Waals surface area contributed by atoms with E-state index in [1.54, 1.807) is 31.2 Å². The van der Waals surface area contributed by atoms with Crippen molar-refractivity contribution in [2.75, 3.05) is 0 Å². The third-order valence-corrected chi connectivity index (χ3v) is 4.36. The van der Waals surface area contributed by atoms with Gasteiger partial charge in [-0.3, -0.25) is 10.2 Å². The number of benzene rings is 1. The van der Waals surface area contributed by atoms with E-state index in [0.717, 1.165) is 4.90 Å². The van der Waals surface area contributed by atoms with Gasteiger partial charge in [0.15, 0.2) is 0 Å². The lowest BCUT2D eigenvalue weighted by Crippen LogP contribution is -2.30. The lowest BCUT2D eigenvalue weighted by atomic mass is 10.2. The molecule has 0 fully saturated rings. The molecule has 1 heterocycles. The number of rotatable bonds is 4. The third kappa shape index (κ3) is 3.49. The predicted octanol–water partition coefficient (Wildman–Crippen LogP) is 3.79. The molecule has 1 amide bonds. The van der Waals surface area contributed by atoms with Gasteiger partial charge in [0, 0.05) is 9.92 Å². The number of nitrogens with two attached hydrogens (primary N) is 1. The number of halogens is 2. The van der Waals surface area contributed by atoms with Crippen LogP contribution < -0.4 is 11.3 Å². The summed E-state index contributed by atoms with van der Waals surface area (Å²) < 4.78 is 5.52. The van der Waals surface area contributed by atoms with Crippen molar-refractivity contribution in [2.45, 2.75) is 17.6 Å². The van der Waals surface area contributed by atoms with Crippen molar-refractivity contribution in [2.24, 2.45) is 5.84 Å². The fourth-order valence-corrected chi connectivity index (χ4v) is 3.03. The Morgan fingerprint density at radius 2 is 2.15 bits per heavy atom. The topological polar surface area (TPSA) is 68.3 Å². The van der Waals surface area contributed by atoms with Crippen molar-refractivity contribution in [1.82, 2.24) is 5.43 Å². The van der Waals surface area contributed by atoms with E-state index in [1.807, 2.05) is 0 Å². The Labute approximate surface area is 130 Å². The van der Waals surface area contributed by atoms with Crippen LogP contribution >= 0.6 is 35.0 Å². The second-order valence-electron chi connectivity index (χ2n) is 4.02. The zero-order valence-corrected chi connectivity index (χ0v) is 12.9. The van der Waals surface area contributed by atoms with Gasteiger partial charge >= 0.3 is 0 Å². The maximum atomic E-state index is 11.5. The van der Waals surface area contributed by atoms with Gasteiger partial charge in [-0.05, 0) is 31.2 Å². The average Bonchev–Trinajstić information content (AvgIpc) is 2.80. The Hall–Kier alpha value is -1.14. The molecule has 0 unspecified atom stereocenters. The minimum atomic E-state index is -0.372. The number of hydrazine groups is 1. The molecule has 106 valence electrons. The second-order valence-corrected chi connectivity index (χ2v) is 5.88. The maximum absolute atomic E-state index is 11.5. The van der Waals surface area contributed by atoms with E-state index in [4.69, 9.17) is 33.5 Å². The molecule has 0 aliphatic heterocycles. The molecule has 0 saturated heterocycles. The van der Waals surface area contributed by atoms with E-state index >= 15 is 0 Å². The first-order chi connectivity index (χ1) is 9.51. The van der Waals surface area contributed by atoms with Crippen LogP contribution in [-0.2, 0) is 5.75 Å². The molecule has 0 bridgehead atoms. The van der Waals surface area contributed by atoms with Crippen LogP contribution in [0.25, 0.3) is 0 Å². The van der Waals surface area contributed by atoms with Crippen molar-refractivity contribution in [1.29, 1.82) is 0 Å². The fourth-order valence-electron chi connectivity index (χ4n) is 1.65. The van der Waals surface area contributed by atoms with E-state index in [9.17, 15) is 4.79 Å². The Morgan fingerprint density at radius 3 is 2.85 bits per heavy atom. The molecule has 2 aromatic rings. The largest absolute Gasteiger partial charge is 0.465 e. The number of nitrogen functional groups attached to an aromatic ring is 1. The molecular weight excluding hydrogens is 319 g/mol. The first-order valence-corrected chi connectivity index (χ1v) is 7.43. The SMILES string of the molecule is Cc1oc(CSc2cc(Cl)ccc2Cl)cc1C(=O)NN. The van der Waals surface area contributed by atoms with Gasteiger partial charge in [0.05, 0.1) is 16.3 Å². The van der Waals surface area contributed by atoms with E-state index in [-0.39, 0.29) is 5.91 Å². The number of thioether (sulfide) groups is 1. The molecule has 3 N–H and O–H groups in total. The van der Waals surface area contributed by atoms with Crippen molar-refractivity contribution < 1.29 is 9.21 Å². The molecule has 2 rings (SSSR count). The predicted molar refractivity (Wildman–Crippen MR) is 81.1 cm³/mol. The van der Waals surface area contributed by atoms with Crippen molar-refractivity contribution in [3.05, 3.63) is 51.4 Å². The number of hydrogen-bond acceptors (Lipinski definition) is 4.